The summed E-state index contributed by atoms with van der Waals surface area (Å²) in [7, 11) is 1.55. The minimum absolute atomic E-state index is 0.0939. The number of nitrogens with zero attached hydrogens (tertiary/aromatic N) is 3. The summed E-state index contributed by atoms with van der Waals surface area (Å²) in [6.45, 7) is 5.11. The molecule has 2 aromatic rings. The third kappa shape index (κ3) is 6.76. The number of carbonyl (C=O) groups is 2. The fraction of sp³-hybridized carbons (Fsp3) is 0.364. The lowest BCUT2D eigenvalue weighted by atomic mass is 10.2. The van der Waals surface area contributed by atoms with E-state index in [0.29, 0.717) is 30.0 Å². The second-order valence-electron chi connectivity index (χ2n) is 6.73. The van der Waals surface area contributed by atoms with Gasteiger partial charge in [0.15, 0.2) is 5.57 Å². The highest BCUT2D eigenvalue weighted by Crippen LogP contribution is 2.19. The molecule has 0 atom stereocenters. The summed E-state index contributed by atoms with van der Waals surface area (Å²) in [5, 5.41) is 12.1. The Morgan fingerprint density at radius 1 is 1.33 bits per heavy atom. The number of carbonyl (C=O) groups excluding carboxylic acids is 2. The van der Waals surface area contributed by atoms with Crippen LogP contribution in [-0.2, 0) is 25.6 Å². The number of anilines is 2. The van der Waals surface area contributed by atoms with Gasteiger partial charge in [0.25, 0.3) is 11.5 Å². The zero-order valence-electron chi connectivity index (χ0n) is 18.8. The first-order valence-corrected chi connectivity index (χ1v) is 11.1. The Kier molecular flexibility index (Phi) is 9.81. The summed E-state index contributed by atoms with van der Waals surface area (Å²) < 4.78 is 12.0. The number of nitrogens with one attached hydrogen (secondary N) is 1. The molecular formula is C22H27N5O5S. The highest BCUT2D eigenvalue weighted by atomic mass is 32.1. The van der Waals surface area contributed by atoms with E-state index in [1.165, 1.54) is 4.57 Å². The van der Waals surface area contributed by atoms with Gasteiger partial charge in [-0.1, -0.05) is 6.07 Å². The monoisotopic (exact) mass is 473 g/mol. The quantitative estimate of drug-likeness (QED) is 0.436. The van der Waals surface area contributed by atoms with Crippen LogP contribution in [0.25, 0.3) is 11.8 Å². The van der Waals surface area contributed by atoms with Crippen LogP contribution in [0.3, 0.4) is 0 Å². The lowest BCUT2D eigenvalue weighted by molar-refractivity contribution is -0.121. The number of methoxy groups -OCH3 is 1. The number of rotatable bonds is 11. The third-order valence-corrected chi connectivity index (χ3v) is 5.65. The molecule has 0 spiro atoms. The van der Waals surface area contributed by atoms with Crippen molar-refractivity contribution in [2.75, 3.05) is 43.7 Å². The molecule has 0 bridgehead atoms. The number of aromatic nitrogens is 1. The fourth-order valence-electron chi connectivity index (χ4n) is 2.95. The van der Waals surface area contributed by atoms with Crippen LogP contribution in [0, 0.1) is 11.3 Å². The lowest BCUT2D eigenvalue weighted by Gasteiger charge is -2.19. The van der Waals surface area contributed by atoms with Gasteiger partial charge in [0, 0.05) is 37.8 Å². The number of nitrogens with two attached hydrogens (primary N) is 1. The van der Waals surface area contributed by atoms with Crippen LogP contribution in [0.5, 0.6) is 0 Å². The van der Waals surface area contributed by atoms with Crippen molar-refractivity contribution in [3.63, 3.8) is 0 Å². The van der Waals surface area contributed by atoms with E-state index in [9.17, 15) is 19.6 Å². The Balaban J connectivity index is 2.38. The number of hydrogen-bond acceptors (Lipinski definition) is 8. The Morgan fingerprint density at radius 2 is 2.09 bits per heavy atom. The molecule has 176 valence electrons. The number of primary amides is 1. The van der Waals surface area contributed by atoms with Gasteiger partial charge in [-0.15, -0.1) is 11.3 Å². The molecule has 1 heterocycles. The van der Waals surface area contributed by atoms with E-state index in [1.807, 2.05) is 17.9 Å². The van der Waals surface area contributed by atoms with Crippen LogP contribution in [0.2, 0.25) is 0 Å². The summed E-state index contributed by atoms with van der Waals surface area (Å²) in [6.07, 6.45) is 1.66. The van der Waals surface area contributed by atoms with Crippen LogP contribution in [0.15, 0.2) is 29.1 Å². The van der Waals surface area contributed by atoms with E-state index in [4.69, 9.17) is 15.2 Å². The molecule has 0 saturated carbocycles. The summed E-state index contributed by atoms with van der Waals surface area (Å²) in [4.78, 5) is 38.4. The zero-order chi connectivity index (χ0) is 24.4. The Bertz CT molecular complexity index is 1210. The van der Waals surface area contributed by atoms with E-state index >= 15 is 0 Å². The van der Waals surface area contributed by atoms with Gasteiger partial charge in [-0.05, 0) is 32.0 Å². The zero-order valence-corrected chi connectivity index (χ0v) is 19.6. The molecule has 1 aromatic carbocycles. The van der Waals surface area contributed by atoms with Crippen LogP contribution in [-0.4, -0.2) is 49.9 Å². The van der Waals surface area contributed by atoms with Crippen molar-refractivity contribution in [1.29, 1.82) is 5.26 Å². The molecule has 0 aliphatic heterocycles. The largest absolute Gasteiger partial charge is 0.382 e. The molecule has 2 rings (SSSR count). The third-order valence-electron chi connectivity index (χ3n) is 4.54. The molecule has 1 aromatic heterocycles. The van der Waals surface area contributed by atoms with Crippen molar-refractivity contribution < 1.29 is 19.1 Å². The predicted molar refractivity (Wildman–Crippen MR) is 127 cm³/mol. The average molecular weight is 474 g/mol. The van der Waals surface area contributed by atoms with Crippen LogP contribution < -0.4 is 30.7 Å². The van der Waals surface area contributed by atoms with Crippen molar-refractivity contribution in [1.82, 2.24) is 4.57 Å². The Hall–Kier alpha value is -3.46. The topological polar surface area (TPSA) is 140 Å². The van der Waals surface area contributed by atoms with E-state index in [2.05, 4.69) is 5.32 Å². The second kappa shape index (κ2) is 12.5. The highest BCUT2D eigenvalue weighted by Gasteiger charge is 2.13. The van der Waals surface area contributed by atoms with Crippen molar-refractivity contribution >= 4 is 46.3 Å². The van der Waals surface area contributed by atoms with Gasteiger partial charge in [-0.25, -0.2) is 0 Å². The molecule has 33 heavy (non-hydrogen) atoms. The summed E-state index contributed by atoms with van der Waals surface area (Å²) >= 11 is 1.03. The SMILES string of the molecule is CCN(/C=c1\s/c(=C(/C#N)C(N)=O)n(CC)c1=O)c1cccc(NC(=O)COCCOC)c1. The molecular weight excluding hydrogens is 446 g/mol. The summed E-state index contributed by atoms with van der Waals surface area (Å²) in [5.74, 6) is -1.18. The molecule has 0 radical (unpaired) electrons. The van der Waals surface area contributed by atoms with Gasteiger partial charge in [0.1, 0.15) is 21.9 Å². The van der Waals surface area contributed by atoms with Crippen molar-refractivity contribution in [3.8, 4) is 6.07 Å². The number of amides is 2. The summed E-state index contributed by atoms with van der Waals surface area (Å²) in [6, 6.07) is 8.93. The smallest absolute Gasteiger partial charge is 0.270 e. The Labute approximate surface area is 195 Å². The molecule has 11 heteroatoms. The van der Waals surface area contributed by atoms with E-state index < -0.39 is 5.91 Å². The second-order valence-corrected chi connectivity index (χ2v) is 7.76. The lowest BCUT2D eigenvalue weighted by Crippen LogP contribution is -2.34. The van der Waals surface area contributed by atoms with E-state index in [-0.39, 0.29) is 34.9 Å². The van der Waals surface area contributed by atoms with Gasteiger partial charge in [-0.3, -0.25) is 19.0 Å². The normalized spacial score (nSPS) is 12.2. The number of thiazole rings is 1. The van der Waals surface area contributed by atoms with Gasteiger partial charge in [0.2, 0.25) is 5.91 Å². The number of nitriles is 1. The number of hydrogen-bond donors (Lipinski definition) is 2. The number of ether oxygens (including phenoxy) is 2. The van der Waals surface area contributed by atoms with Gasteiger partial charge in [0.05, 0.1) is 13.2 Å². The van der Waals surface area contributed by atoms with Crippen LogP contribution in [0.4, 0.5) is 11.4 Å². The maximum Gasteiger partial charge on any atom is 0.270 e. The van der Waals surface area contributed by atoms with E-state index in [0.717, 1.165) is 17.0 Å². The molecule has 0 aliphatic carbocycles. The van der Waals surface area contributed by atoms with Gasteiger partial charge >= 0.3 is 0 Å². The van der Waals surface area contributed by atoms with Crippen molar-refractivity contribution in [2.45, 2.75) is 20.4 Å². The minimum Gasteiger partial charge on any atom is -0.382 e. The molecule has 0 unspecified atom stereocenters. The van der Waals surface area contributed by atoms with Crippen molar-refractivity contribution in [3.05, 3.63) is 43.8 Å². The maximum absolute atomic E-state index is 12.9. The molecule has 0 aliphatic rings. The van der Waals surface area contributed by atoms with E-state index in [1.54, 1.807) is 44.5 Å². The number of benzene rings is 1. The molecule has 0 fully saturated rings. The first-order valence-electron chi connectivity index (χ1n) is 10.2. The first kappa shape index (κ1) is 25.8. The van der Waals surface area contributed by atoms with Gasteiger partial charge < -0.3 is 25.4 Å². The Morgan fingerprint density at radius 3 is 2.70 bits per heavy atom. The van der Waals surface area contributed by atoms with Crippen LogP contribution in [0.1, 0.15) is 13.8 Å². The fourth-order valence-corrected chi connectivity index (χ4v) is 4.10. The predicted octanol–water partition coefficient (Wildman–Crippen LogP) is -0.0447. The molecule has 10 nitrogen and oxygen atoms in total. The highest BCUT2D eigenvalue weighted by molar-refractivity contribution is 7.07. The van der Waals surface area contributed by atoms with Crippen LogP contribution >= 0.6 is 11.3 Å². The maximum atomic E-state index is 12.9. The molecule has 2 amide bonds. The minimum atomic E-state index is -0.880. The van der Waals surface area contributed by atoms with Gasteiger partial charge in [-0.2, -0.15) is 5.26 Å². The average Bonchev–Trinajstić information content (AvgIpc) is 3.10. The van der Waals surface area contributed by atoms with Crippen molar-refractivity contribution in [2.24, 2.45) is 5.73 Å². The molecule has 3 N–H and O–H groups in total. The molecule has 0 saturated heterocycles. The summed E-state index contributed by atoms with van der Waals surface area (Å²) in [5.41, 5.74) is 6.06. The standard InChI is InChI=1S/C22H27N5O5S/c1-4-26(13-18-21(30)27(5-2)22(33-18)17(12-23)20(24)29)16-8-6-7-15(11-16)25-19(28)14-32-10-9-31-3/h6-8,11,13H,4-5,9-10,14H2,1-3H3,(H2,24,29)(H,25,28)/b18-13-,22-17-. The first-order chi connectivity index (χ1) is 15.9.